The van der Waals surface area contributed by atoms with Crippen LogP contribution in [0.5, 0.6) is 0 Å². The van der Waals surface area contributed by atoms with Gasteiger partial charge in [-0.15, -0.1) is 18.3 Å². The summed E-state index contributed by atoms with van der Waals surface area (Å²) >= 11 is 0. The number of piperidine rings is 1. The summed E-state index contributed by atoms with van der Waals surface area (Å²) in [7, 11) is 0. The normalized spacial score (nSPS) is 16.2. The van der Waals surface area contributed by atoms with Crippen LogP contribution in [0.1, 0.15) is 84.1 Å². The predicted octanol–water partition coefficient (Wildman–Crippen LogP) is 5.79. The van der Waals surface area contributed by atoms with Crippen LogP contribution >= 0.6 is 0 Å². The van der Waals surface area contributed by atoms with Gasteiger partial charge in [-0.3, -0.25) is 0 Å². The van der Waals surface area contributed by atoms with Crippen LogP contribution in [0.2, 0.25) is 0 Å². The highest BCUT2D eigenvalue weighted by Gasteiger charge is 2.38. The van der Waals surface area contributed by atoms with Crippen molar-refractivity contribution >= 4 is 23.3 Å². The molecule has 1 unspecified atom stereocenters. The molecular weight excluding hydrogens is 494 g/mol. The molecule has 9 heteroatoms. The van der Waals surface area contributed by atoms with E-state index in [0.29, 0.717) is 17.9 Å². The van der Waals surface area contributed by atoms with Crippen molar-refractivity contribution in [1.82, 2.24) is 14.6 Å². The van der Waals surface area contributed by atoms with Gasteiger partial charge >= 0.3 is 5.97 Å². The molecule has 1 aliphatic heterocycles. The number of hydrogen-bond donors (Lipinski definition) is 1. The van der Waals surface area contributed by atoms with E-state index < -0.39 is 17.7 Å². The first-order valence-corrected chi connectivity index (χ1v) is 14.1. The highest BCUT2D eigenvalue weighted by Crippen LogP contribution is 2.38. The maximum atomic E-state index is 13.3. The molecule has 0 bridgehead atoms. The third-order valence-electron chi connectivity index (χ3n) is 6.85. The van der Waals surface area contributed by atoms with Gasteiger partial charge in [-0.25, -0.2) is 9.78 Å². The number of carbonyl (C=O) groups excluding carboxylic acids is 1. The summed E-state index contributed by atoms with van der Waals surface area (Å²) in [6.07, 6.45) is 7.51. The van der Waals surface area contributed by atoms with Gasteiger partial charge in [0.1, 0.15) is 5.82 Å². The molecule has 0 radical (unpaired) electrons. The molecule has 0 amide bonds. The quantitative estimate of drug-likeness (QED) is 0.183. The molecule has 0 saturated carbocycles. The Bertz CT molecular complexity index is 1130. The zero-order chi connectivity index (χ0) is 28.6. The molecule has 3 rings (SSSR count). The Kier molecular flexibility index (Phi) is 10.6. The first-order valence-electron chi connectivity index (χ1n) is 14.1. The lowest BCUT2D eigenvalue weighted by atomic mass is 9.92. The lowest BCUT2D eigenvalue weighted by Crippen LogP contribution is -2.45. The summed E-state index contributed by atoms with van der Waals surface area (Å²) in [6.45, 7) is 22.3. The summed E-state index contributed by atoms with van der Waals surface area (Å²) in [5, 5.41) is 8.34. The van der Waals surface area contributed by atoms with Crippen molar-refractivity contribution in [2.24, 2.45) is 0 Å². The van der Waals surface area contributed by atoms with E-state index in [0.717, 1.165) is 69.0 Å². The highest BCUT2D eigenvalue weighted by atomic mass is 16.6. The van der Waals surface area contributed by atoms with Gasteiger partial charge in [-0.2, -0.15) is 4.52 Å². The summed E-state index contributed by atoms with van der Waals surface area (Å²) in [5.74, 6) is 1.13. The van der Waals surface area contributed by atoms with Gasteiger partial charge in [0.25, 0.3) is 0 Å². The smallest absolute Gasteiger partial charge is 0.340 e. The van der Waals surface area contributed by atoms with Crippen molar-refractivity contribution < 1.29 is 19.0 Å². The fraction of sp³-hybridized carbons (Fsp3) is 0.633. The van der Waals surface area contributed by atoms with Gasteiger partial charge in [0.2, 0.25) is 0 Å². The number of aryl methyl sites for hydroxylation is 1. The summed E-state index contributed by atoms with van der Waals surface area (Å²) in [6, 6.07) is 1.96. The molecular formula is C30H47N5O4. The van der Waals surface area contributed by atoms with Crippen LogP contribution < -0.4 is 10.2 Å². The first-order chi connectivity index (χ1) is 18.5. The first kappa shape index (κ1) is 30.6. The van der Waals surface area contributed by atoms with Crippen LogP contribution in [-0.2, 0) is 19.0 Å². The summed E-state index contributed by atoms with van der Waals surface area (Å²) in [5.41, 5.74) is 1.30. The van der Waals surface area contributed by atoms with Crippen molar-refractivity contribution in [3.05, 3.63) is 42.6 Å². The average molecular weight is 542 g/mol. The summed E-state index contributed by atoms with van der Waals surface area (Å²) < 4.78 is 19.8. The van der Waals surface area contributed by atoms with Gasteiger partial charge < -0.3 is 24.4 Å². The number of nitrogens with one attached hydrogen (secondary N) is 1. The number of esters is 1. The number of allylic oxidation sites excluding steroid dienone is 1. The molecule has 1 N–H and O–H groups in total. The lowest BCUT2D eigenvalue weighted by Gasteiger charge is -2.41. The number of aromatic nitrogens is 3. The predicted molar refractivity (Wildman–Crippen MR) is 156 cm³/mol. The second kappa shape index (κ2) is 13.4. The SMILES string of the molecule is C=CCCCCNc1cc2nc(C)c(C(OC(C)(C)C)C(=O)OCC)c(N3CCC(C)(OCC=C)CC3)n2n1. The molecule has 1 aliphatic rings. The Morgan fingerprint density at radius 3 is 2.56 bits per heavy atom. The van der Waals surface area contributed by atoms with E-state index in [-0.39, 0.29) is 12.2 Å². The number of fused-ring (bicyclic) bond motifs is 1. The maximum Gasteiger partial charge on any atom is 0.340 e. The number of ether oxygens (including phenoxy) is 3. The van der Waals surface area contributed by atoms with Gasteiger partial charge in [-0.05, 0) is 73.6 Å². The maximum absolute atomic E-state index is 13.3. The van der Waals surface area contributed by atoms with E-state index in [1.807, 2.05) is 44.4 Å². The molecule has 0 aromatic carbocycles. The lowest BCUT2D eigenvalue weighted by molar-refractivity contribution is -0.166. The van der Waals surface area contributed by atoms with E-state index in [9.17, 15) is 4.79 Å². The zero-order valence-corrected chi connectivity index (χ0v) is 24.7. The molecule has 1 saturated heterocycles. The molecule has 2 aromatic rings. The van der Waals surface area contributed by atoms with Gasteiger partial charge in [0.15, 0.2) is 17.6 Å². The average Bonchev–Trinajstić information content (AvgIpc) is 3.28. The van der Waals surface area contributed by atoms with Gasteiger partial charge in [0.05, 0.1) is 30.0 Å². The fourth-order valence-corrected chi connectivity index (χ4v) is 4.83. The minimum atomic E-state index is -0.943. The van der Waals surface area contributed by atoms with E-state index in [4.69, 9.17) is 24.3 Å². The van der Waals surface area contributed by atoms with Crippen LogP contribution in [-0.4, -0.2) is 64.6 Å². The fourth-order valence-electron chi connectivity index (χ4n) is 4.83. The minimum Gasteiger partial charge on any atom is -0.464 e. The largest absolute Gasteiger partial charge is 0.464 e. The van der Waals surface area contributed by atoms with Crippen molar-refractivity contribution in [2.45, 2.75) is 91.0 Å². The van der Waals surface area contributed by atoms with Crippen molar-refractivity contribution in [1.29, 1.82) is 0 Å². The molecule has 3 heterocycles. The van der Waals surface area contributed by atoms with Crippen LogP contribution in [0.3, 0.4) is 0 Å². The Balaban J connectivity index is 2.07. The van der Waals surface area contributed by atoms with E-state index in [1.54, 1.807) is 13.0 Å². The topological polar surface area (TPSA) is 90.2 Å². The number of rotatable bonds is 14. The highest BCUT2D eigenvalue weighted by molar-refractivity contribution is 5.80. The molecule has 1 atom stereocenters. The third kappa shape index (κ3) is 8.05. The number of carbonyl (C=O) groups is 1. The Hall–Kier alpha value is -2.91. The number of hydrogen-bond acceptors (Lipinski definition) is 8. The Labute approximate surface area is 233 Å². The Morgan fingerprint density at radius 1 is 1.23 bits per heavy atom. The van der Waals surface area contributed by atoms with E-state index in [1.165, 1.54) is 0 Å². The molecule has 2 aromatic heterocycles. The van der Waals surface area contributed by atoms with E-state index in [2.05, 4.69) is 30.3 Å². The van der Waals surface area contributed by atoms with Crippen LogP contribution in [0, 0.1) is 6.92 Å². The monoisotopic (exact) mass is 541 g/mol. The van der Waals surface area contributed by atoms with Crippen LogP contribution in [0.15, 0.2) is 31.4 Å². The standard InChI is InChI=1S/C30H47N5O4/c1-9-12-13-14-17-31-23-21-24-32-22(4)25(26(28(36)37-11-3)39-29(5,6)7)27(35(24)33-23)34-18-15-30(8,16-19-34)38-20-10-2/h9-10,21,26H,1-2,11-20H2,3-8H3,(H,31,33). The molecule has 0 aliphatic carbocycles. The van der Waals surface area contributed by atoms with Crippen molar-refractivity contribution in [3.63, 3.8) is 0 Å². The number of anilines is 2. The zero-order valence-electron chi connectivity index (χ0n) is 24.7. The number of nitrogens with zero attached hydrogens (tertiary/aromatic N) is 4. The van der Waals surface area contributed by atoms with Gasteiger partial charge in [0, 0.05) is 31.4 Å². The molecule has 216 valence electrons. The van der Waals surface area contributed by atoms with Crippen LogP contribution in [0.25, 0.3) is 5.65 Å². The second-order valence-corrected chi connectivity index (χ2v) is 11.3. The van der Waals surface area contributed by atoms with Crippen molar-refractivity contribution in [3.8, 4) is 0 Å². The van der Waals surface area contributed by atoms with E-state index >= 15 is 0 Å². The molecule has 39 heavy (non-hydrogen) atoms. The minimum absolute atomic E-state index is 0.239. The van der Waals surface area contributed by atoms with Crippen LogP contribution in [0.4, 0.5) is 11.6 Å². The Morgan fingerprint density at radius 2 is 1.95 bits per heavy atom. The second-order valence-electron chi connectivity index (χ2n) is 11.3. The number of unbranched alkanes of at least 4 members (excludes halogenated alkanes) is 2. The van der Waals surface area contributed by atoms with Gasteiger partial charge in [-0.1, -0.05) is 12.2 Å². The summed E-state index contributed by atoms with van der Waals surface area (Å²) in [4.78, 5) is 20.5. The third-order valence-corrected chi connectivity index (χ3v) is 6.85. The molecule has 9 nitrogen and oxygen atoms in total. The molecule has 0 spiro atoms. The molecule has 1 fully saturated rings. The van der Waals surface area contributed by atoms with Crippen molar-refractivity contribution in [2.75, 3.05) is 43.1 Å².